The van der Waals surface area contributed by atoms with E-state index >= 15 is 0 Å². The molecule has 1 fully saturated rings. The molecule has 4 nitrogen and oxygen atoms in total. The van der Waals surface area contributed by atoms with E-state index in [0.29, 0.717) is 0 Å². The second kappa shape index (κ2) is 7.86. The van der Waals surface area contributed by atoms with Crippen molar-refractivity contribution in [1.29, 1.82) is 0 Å². The Morgan fingerprint density at radius 2 is 1.96 bits per heavy atom. The van der Waals surface area contributed by atoms with Gasteiger partial charge in [0.1, 0.15) is 5.82 Å². The van der Waals surface area contributed by atoms with Crippen LogP contribution in [-0.2, 0) is 17.7 Å². The lowest BCUT2D eigenvalue weighted by Crippen LogP contribution is -2.37. The molecule has 122 valence electrons. The molecule has 3 rings (SSSR count). The maximum atomic E-state index is 5.96. The molecule has 1 saturated heterocycles. The normalized spacial score (nSPS) is 19.0. The fourth-order valence-corrected chi connectivity index (χ4v) is 2.93. The lowest BCUT2D eigenvalue weighted by molar-refractivity contribution is -0.0329. The molecular formula is C18H22ClN3O. The summed E-state index contributed by atoms with van der Waals surface area (Å²) in [5.74, 6) is 0.928. The zero-order valence-corrected chi connectivity index (χ0v) is 14.2. The largest absolute Gasteiger partial charge is 0.371 e. The summed E-state index contributed by atoms with van der Waals surface area (Å²) in [4.78, 5) is 11.3. The highest BCUT2D eigenvalue weighted by Gasteiger charge is 2.22. The van der Waals surface area contributed by atoms with Crippen molar-refractivity contribution in [1.82, 2.24) is 14.9 Å². The molecule has 1 aliphatic heterocycles. The van der Waals surface area contributed by atoms with Crippen molar-refractivity contribution < 1.29 is 4.74 Å². The summed E-state index contributed by atoms with van der Waals surface area (Å²) >= 11 is 5.96. The number of aryl methyl sites for hydroxylation is 1. The van der Waals surface area contributed by atoms with Crippen LogP contribution < -0.4 is 0 Å². The maximum Gasteiger partial charge on any atom is 0.128 e. The first kappa shape index (κ1) is 16.4. The number of morpholine rings is 1. The van der Waals surface area contributed by atoms with Crippen molar-refractivity contribution in [2.45, 2.75) is 32.4 Å². The first-order valence-corrected chi connectivity index (χ1v) is 8.51. The van der Waals surface area contributed by atoms with E-state index < -0.39 is 0 Å². The highest BCUT2D eigenvalue weighted by Crippen LogP contribution is 2.24. The maximum absolute atomic E-state index is 5.96. The SMILES string of the molecule is CCCc1ncc(CN2CCOC(c3ccc(Cl)cc3)C2)cn1. The van der Waals surface area contributed by atoms with Crippen LogP contribution in [0.15, 0.2) is 36.7 Å². The number of hydrogen-bond donors (Lipinski definition) is 0. The van der Waals surface area contributed by atoms with Gasteiger partial charge in [0.15, 0.2) is 0 Å². The predicted molar refractivity (Wildman–Crippen MR) is 91.4 cm³/mol. The molecule has 1 unspecified atom stereocenters. The van der Waals surface area contributed by atoms with Gasteiger partial charge in [-0.2, -0.15) is 0 Å². The van der Waals surface area contributed by atoms with Gasteiger partial charge < -0.3 is 4.74 Å². The van der Waals surface area contributed by atoms with Gasteiger partial charge in [-0.05, 0) is 24.1 Å². The van der Waals surface area contributed by atoms with Crippen LogP contribution in [-0.4, -0.2) is 34.6 Å². The number of halogens is 1. The van der Waals surface area contributed by atoms with Gasteiger partial charge in [0.2, 0.25) is 0 Å². The van der Waals surface area contributed by atoms with Crippen molar-refractivity contribution in [3.05, 3.63) is 58.6 Å². The summed E-state index contributed by atoms with van der Waals surface area (Å²) < 4.78 is 5.91. The standard InChI is InChI=1S/C18H22ClN3O/c1-2-3-18-20-10-14(11-21-18)12-22-8-9-23-17(13-22)15-4-6-16(19)7-5-15/h4-7,10-11,17H,2-3,8-9,12-13H2,1H3. The van der Waals surface area contributed by atoms with E-state index in [0.717, 1.165) is 55.5 Å². The Bertz CT molecular complexity index is 615. The zero-order chi connectivity index (χ0) is 16.1. The third-order valence-electron chi connectivity index (χ3n) is 4.03. The molecule has 0 radical (unpaired) electrons. The van der Waals surface area contributed by atoms with Crippen molar-refractivity contribution in [2.24, 2.45) is 0 Å². The number of benzene rings is 1. The summed E-state index contributed by atoms with van der Waals surface area (Å²) in [7, 11) is 0. The second-order valence-electron chi connectivity index (χ2n) is 5.90. The molecule has 1 atom stereocenters. The Hall–Kier alpha value is -1.49. The van der Waals surface area contributed by atoms with Crippen molar-refractivity contribution in [3.63, 3.8) is 0 Å². The first-order chi connectivity index (χ1) is 11.2. The average Bonchev–Trinajstić information content (AvgIpc) is 2.58. The van der Waals surface area contributed by atoms with E-state index in [4.69, 9.17) is 16.3 Å². The topological polar surface area (TPSA) is 38.2 Å². The molecule has 23 heavy (non-hydrogen) atoms. The smallest absolute Gasteiger partial charge is 0.128 e. The monoisotopic (exact) mass is 331 g/mol. The van der Waals surface area contributed by atoms with Gasteiger partial charge in [0.25, 0.3) is 0 Å². The lowest BCUT2D eigenvalue weighted by Gasteiger charge is -2.33. The van der Waals surface area contributed by atoms with E-state index in [2.05, 4.69) is 21.8 Å². The molecular weight excluding hydrogens is 310 g/mol. The van der Waals surface area contributed by atoms with E-state index in [1.54, 1.807) is 0 Å². The third kappa shape index (κ3) is 4.50. The molecule has 2 aromatic rings. The minimum absolute atomic E-state index is 0.0984. The summed E-state index contributed by atoms with van der Waals surface area (Å²) in [6.07, 6.45) is 6.01. The Balaban J connectivity index is 1.61. The van der Waals surface area contributed by atoms with Crippen LogP contribution in [0.2, 0.25) is 5.02 Å². The van der Waals surface area contributed by atoms with Crippen LogP contribution in [0.25, 0.3) is 0 Å². The molecule has 0 spiro atoms. The molecule has 2 heterocycles. The second-order valence-corrected chi connectivity index (χ2v) is 6.34. The van der Waals surface area contributed by atoms with E-state index in [1.165, 1.54) is 5.56 Å². The Morgan fingerprint density at radius 3 is 2.65 bits per heavy atom. The summed E-state index contributed by atoms with van der Waals surface area (Å²) in [6, 6.07) is 7.91. The minimum Gasteiger partial charge on any atom is -0.371 e. The number of hydrogen-bond acceptors (Lipinski definition) is 4. The lowest BCUT2D eigenvalue weighted by atomic mass is 10.1. The van der Waals surface area contributed by atoms with Crippen molar-refractivity contribution in [3.8, 4) is 0 Å². The van der Waals surface area contributed by atoms with Crippen LogP contribution in [0.4, 0.5) is 0 Å². The highest BCUT2D eigenvalue weighted by atomic mass is 35.5. The summed E-state index contributed by atoms with van der Waals surface area (Å²) in [5.41, 5.74) is 2.33. The summed E-state index contributed by atoms with van der Waals surface area (Å²) in [6.45, 7) is 5.54. The Morgan fingerprint density at radius 1 is 1.22 bits per heavy atom. The predicted octanol–water partition coefficient (Wildman–Crippen LogP) is 3.66. The van der Waals surface area contributed by atoms with Gasteiger partial charge in [0.05, 0.1) is 12.7 Å². The number of aromatic nitrogens is 2. The molecule has 1 aromatic heterocycles. The molecule has 1 aliphatic rings. The van der Waals surface area contributed by atoms with Gasteiger partial charge in [-0.15, -0.1) is 0 Å². The molecule has 0 amide bonds. The number of ether oxygens (including phenoxy) is 1. The van der Waals surface area contributed by atoms with Gasteiger partial charge >= 0.3 is 0 Å². The van der Waals surface area contributed by atoms with Gasteiger partial charge in [0, 0.05) is 49.0 Å². The van der Waals surface area contributed by atoms with Crippen LogP contribution in [0.3, 0.4) is 0 Å². The zero-order valence-electron chi connectivity index (χ0n) is 13.4. The Kier molecular flexibility index (Phi) is 5.60. The van der Waals surface area contributed by atoms with Crippen LogP contribution in [0, 0.1) is 0 Å². The molecule has 5 heteroatoms. The number of rotatable bonds is 5. The van der Waals surface area contributed by atoms with Crippen LogP contribution >= 0.6 is 11.6 Å². The van der Waals surface area contributed by atoms with Gasteiger partial charge in [-0.25, -0.2) is 9.97 Å². The highest BCUT2D eigenvalue weighted by molar-refractivity contribution is 6.30. The fraction of sp³-hybridized carbons (Fsp3) is 0.444. The quantitative estimate of drug-likeness (QED) is 0.838. The third-order valence-corrected chi connectivity index (χ3v) is 4.28. The van der Waals surface area contributed by atoms with Gasteiger partial charge in [-0.3, -0.25) is 4.90 Å². The van der Waals surface area contributed by atoms with E-state index in [1.807, 2.05) is 36.7 Å². The molecule has 0 N–H and O–H groups in total. The fourth-order valence-electron chi connectivity index (χ4n) is 2.80. The molecule has 0 saturated carbocycles. The van der Waals surface area contributed by atoms with Crippen LogP contribution in [0.5, 0.6) is 0 Å². The minimum atomic E-state index is 0.0984. The average molecular weight is 332 g/mol. The molecule has 0 bridgehead atoms. The Labute approximate surface area is 142 Å². The summed E-state index contributed by atoms with van der Waals surface area (Å²) in [5, 5.41) is 0.755. The van der Waals surface area contributed by atoms with E-state index in [9.17, 15) is 0 Å². The number of nitrogens with zero attached hydrogens (tertiary/aromatic N) is 3. The van der Waals surface area contributed by atoms with Crippen molar-refractivity contribution in [2.75, 3.05) is 19.7 Å². The van der Waals surface area contributed by atoms with Crippen LogP contribution in [0.1, 0.15) is 36.4 Å². The van der Waals surface area contributed by atoms with E-state index in [-0.39, 0.29) is 6.10 Å². The first-order valence-electron chi connectivity index (χ1n) is 8.14. The molecule has 0 aliphatic carbocycles. The van der Waals surface area contributed by atoms with Crippen molar-refractivity contribution >= 4 is 11.6 Å². The van der Waals surface area contributed by atoms with Gasteiger partial charge in [-0.1, -0.05) is 30.7 Å². The molecule has 1 aromatic carbocycles.